The summed E-state index contributed by atoms with van der Waals surface area (Å²) in [6.07, 6.45) is -0.289. The molecule has 1 spiro atoms. The summed E-state index contributed by atoms with van der Waals surface area (Å²) in [5.41, 5.74) is 0.674. The molecular formula is C20H19N3O5. The van der Waals surface area contributed by atoms with Crippen LogP contribution >= 0.6 is 0 Å². The fourth-order valence-electron chi connectivity index (χ4n) is 3.60. The van der Waals surface area contributed by atoms with Gasteiger partial charge in [0, 0.05) is 24.6 Å². The minimum Gasteiger partial charge on any atom is -0.497 e. The summed E-state index contributed by atoms with van der Waals surface area (Å²) < 4.78 is 10.7. The van der Waals surface area contributed by atoms with Crippen molar-refractivity contribution in [2.75, 3.05) is 18.6 Å². The summed E-state index contributed by atoms with van der Waals surface area (Å²) in [5, 5.41) is 4.99. The summed E-state index contributed by atoms with van der Waals surface area (Å²) in [5.74, 6) is 0.0996. The number of fused-ring (bicyclic) bond motifs is 2. The molecule has 0 aromatic heterocycles. The Balaban J connectivity index is 1.65. The third-order valence-corrected chi connectivity index (χ3v) is 5.03. The van der Waals surface area contributed by atoms with Crippen molar-refractivity contribution in [3.63, 3.8) is 0 Å². The Hall–Kier alpha value is -3.55. The molecule has 2 aromatic carbocycles. The van der Waals surface area contributed by atoms with Gasteiger partial charge in [0.1, 0.15) is 17.9 Å². The fourth-order valence-corrected chi connectivity index (χ4v) is 3.60. The number of carbonyl (C=O) groups is 3. The van der Waals surface area contributed by atoms with Gasteiger partial charge in [0.05, 0.1) is 12.8 Å². The molecule has 144 valence electrons. The standard InChI is InChI=1S/C20H19N3O5/c1-27-14-7-8-15-16(11-14)23(10-9-20(15)17(24)21-18(25)22-20)19(26)28-12-13-5-3-2-4-6-13/h2-8,11H,9-10,12H2,1H3,(H2,21,22,24,25)/t20-/m1/s1. The molecule has 2 aliphatic rings. The van der Waals surface area contributed by atoms with Crippen LogP contribution in [0.4, 0.5) is 15.3 Å². The van der Waals surface area contributed by atoms with Crippen LogP contribution in [0.3, 0.4) is 0 Å². The van der Waals surface area contributed by atoms with Crippen LogP contribution in [0.15, 0.2) is 48.5 Å². The van der Waals surface area contributed by atoms with Crippen molar-refractivity contribution in [1.29, 1.82) is 0 Å². The van der Waals surface area contributed by atoms with Crippen LogP contribution < -0.4 is 20.3 Å². The molecule has 1 fully saturated rings. The average Bonchev–Trinajstić information content (AvgIpc) is 3.00. The number of anilines is 1. The first-order valence-corrected chi connectivity index (χ1v) is 8.84. The lowest BCUT2D eigenvalue weighted by Gasteiger charge is -2.38. The molecule has 2 aromatic rings. The molecule has 0 unspecified atom stereocenters. The molecule has 4 rings (SSSR count). The van der Waals surface area contributed by atoms with Gasteiger partial charge in [-0.25, -0.2) is 9.59 Å². The van der Waals surface area contributed by atoms with Gasteiger partial charge >= 0.3 is 12.1 Å². The number of hydrogen-bond donors (Lipinski definition) is 2. The highest BCUT2D eigenvalue weighted by atomic mass is 16.6. The number of amides is 4. The van der Waals surface area contributed by atoms with E-state index in [4.69, 9.17) is 9.47 Å². The topological polar surface area (TPSA) is 97.0 Å². The number of urea groups is 1. The summed E-state index contributed by atoms with van der Waals surface area (Å²) in [6.45, 7) is 0.347. The monoisotopic (exact) mass is 381 g/mol. The predicted octanol–water partition coefficient (Wildman–Crippen LogP) is 2.28. The Bertz CT molecular complexity index is 946. The Morgan fingerprint density at radius 3 is 2.64 bits per heavy atom. The maximum Gasteiger partial charge on any atom is 0.414 e. The smallest absolute Gasteiger partial charge is 0.414 e. The number of rotatable bonds is 3. The quantitative estimate of drug-likeness (QED) is 0.795. The van der Waals surface area contributed by atoms with Crippen molar-refractivity contribution in [3.8, 4) is 5.75 Å². The van der Waals surface area contributed by atoms with Crippen LogP contribution in [0.2, 0.25) is 0 Å². The highest BCUT2D eigenvalue weighted by molar-refractivity contribution is 6.09. The van der Waals surface area contributed by atoms with Crippen molar-refractivity contribution in [3.05, 3.63) is 59.7 Å². The largest absolute Gasteiger partial charge is 0.497 e. The van der Waals surface area contributed by atoms with E-state index in [2.05, 4.69) is 10.6 Å². The molecule has 2 N–H and O–H groups in total. The summed E-state index contributed by atoms with van der Waals surface area (Å²) >= 11 is 0. The van der Waals surface area contributed by atoms with Crippen LogP contribution in [-0.4, -0.2) is 31.7 Å². The molecule has 4 amide bonds. The zero-order valence-corrected chi connectivity index (χ0v) is 15.2. The fraction of sp³-hybridized carbons (Fsp3) is 0.250. The predicted molar refractivity (Wildman–Crippen MR) is 99.9 cm³/mol. The van der Waals surface area contributed by atoms with Gasteiger partial charge in [0.25, 0.3) is 5.91 Å². The first-order valence-electron chi connectivity index (χ1n) is 8.84. The molecule has 1 atom stereocenters. The van der Waals surface area contributed by atoms with E-state index in [-0.39, 0.29) is 19.6 Å². The van der Waals surface area contributed by atoms with Crippen molar-refractivity contribution >= 4 is 23.7 Å². The summed E-state index contributed by atoms with van der Waals surface area (Å²) in [7, 11) is 1.52. The van der Waals surface area contributed by atoms with Crippen molar-refractivity contribution in [2.45, 2.75) is 18.6 Å². The van der Waals surface area contributed by atoms with Gasteiger partial charge in [-0.3, -0.25) is 15.0 Å². The second-order valence-electron chi connectivity index (χ2n) is 6.64. The lowest BCUT2D eigenvalue weighted by atomic mass is 9.82. The highest BCUT2D eigenvalue weighted by Crippen LogP contribution is 2.42. The van der Waals surface area contributed by atoms with E-state index in [0.717, 1.165) is 5.56 Å². The van der Waals surface area contributed by atoms with Gasteiger partial charge < -0.3 is 14.8 Å². The van der Waals surface area contributed by atoms with Gasteiger partial charge in [-0.1, -0.05) is 36.4 Å². The molecule has 0 bridgehead atoms. The average molecular weight is 381 g/mol. The van der Waals surface area contributed by atoms with Crippen LogP contribution in [0, 0.1) is 0 Å². The van der Waals surface area contributed by atoms with E-state index >= 15 is 0 Å². The van der Waals surface area contributed by atoms with Gasteiger partial charge in [-0.15, -0.1) is 0 Å². The lowest BCUT2D eigenvalue weighted by molar-refractivity contribution is -0.124. The minimum atomic E-state index is -1.20. The van der Waals surface area contributed by atoms with Crippen LogP contribution in [0.1, 0.15) is 17.5 Å². The second-order valence-corrected chi connectivity index (χ2v) is 6.64. The second kappa shape index (κ2) is 6.88. The number of ether oxygens (including phenoxy) is 2. The van der Waals surface area contributed by atoms with Gasteiger partial charge in [0.15, 0.2) is 0 Å². The molecule has 0 radical (unpaired) electrons. The Kier molecular flexibility index (Phi) is 4.38. The first-order chi connectivity index (χ1) is 13.5. The number of carbonyl (C=O) groups excluding carboxylic acids is 3. The number of nitrogens with one attached hydrogen (secondary N) is 2. The summed E-state index contributed by atoms with van der Waals surface area (Å²) in [4.78, 5) is 38.5. The van der Waals surface area contributed by atoms with E-state index in [0.29, 0.717) is 17.0 Å². The number of nitrogens with zero attached hydrogens (tertiary/aromatic N) is 1. The molecule has 2 aliphatic heterocycles. The van der Waals surface area contributed by atoms with E-state index < -0.39 is 23.6 Å². The maximum absolute atomic E-state index is 12.8. The lowest BCUT2D eigenvalue weighted by Crippen LogP contribution is -2.52. The number of imide groups is 1. The Morgan fingerprint density at radius 1 is 1.18 bits per heavy atom. The normalized spacial score (nSPS) is 20.4. The Labute approximate surface area is 161 Å². The first kappa shape index (κ1) is 17.8. The molecule has 1 saturated heterocycles. The van der Waals surface area contributed by atoms with Crippen LogP contribution in [-0.2, 0) is 21.7 Å². The highest BCUT2D eigenvalue weighted by Gasteiger charge is 2.52. The van der Waals surface area contributed by atoms with Crippen molar-refractivity contribution in [1.82, 2.24) is 10.6 Å². The molecule has 8 heteroatoms. The Morgan fingerprint density at radius 2 is 1.96 bits per heavy atom. The van der Waals surface area contributed by atoms with Crippen molar-refractivity contribution in [2.24, 2.45) is 0 Å². The van der Waals surface area contributed by atoms with E-state index in [1.54, 1.807) is 18.2 Å². The number of methoxy groups -OCH3 is 1. The minimum absolute atomic E-state index is 0.137. The van der Waals surface area contributed by atoms with Crippen LogP contribution in [0.5, 0.6) is 5.75 Å². The molecule has 2 heterocycles. The molecule has 0 aliphatic carbocycles. The zero-order valence-electron chi connectivity index (χ0n) is 15.2. The molecular weight excluding hydrogens is 362 g/mol. The molecule has 8 nitrogen and oxygen atoms in total. The van der Waals surface area contributed by atoms with E-state index in [9.17, 15) is 14.4 Å². The van der Waals surface area contributed by atoms with Crippen LogP contribution in [0.25, 0.3) is 0 Å². The summed E-state index contributed by atoms with van der Waals surface area (Å²) in [6, 6.07) is 13.9. The number of benzene rings is 2. The SMILES string of the molecule is COc1ccc2c(c1)N(C(=O)OCc1ccccc1)CC[C@@]21NC(=O)NC1=O. The molecule has 0 saturated carbocycles. The van der Waals surface area contributed by atoms with Crippen molar-refractivity contribution < 1.29 is 23.9 Å². The van der Waals surface area contributed by atoms with E-state index in [1.807, 2.05) is 30.3 Å². The maximum atomic E-state index is 12.8. The third kappa shape index (κ3) is 2.92. The van der Waals surface area contributed by atoms with E-state index in [1.165, 1.54) is 12.0 Å². The zero-order chi connectivity index (χ0) is 19.7. The number of hydrogen-bond acceptors (Lipinski definition) is 5. The van der Waals surface area contributed by atoms with Gasteiger partial charge in [-0.05, 0) is 11.6 Å². The molecule has 28 heavy (non-hydrogen) atoms. The third-order valence-electron chi connectivity index (χ3n) is 5.03. The van der Waals surface area contributed by atoms with Gasteiger partial charge in [-0.2, -0.15) is 0 Å². The van der Waals surface area contributed by atoms with Gasteiger partial charge in [0.2, 0.25) is 0 Å².